The molecule has 0 radical (unpaired) electrons. The normalized spacial score (nSPS) is 10.1. The highest BCUT2D eigenvalue weighted by molar-refractivity contribution is 5.68. The Morgan fingerprint density at radius 3 is 2.78 bits per heavy atom. The Labute approximate surface area is 53.1 Å². The molecule has 0 amide bonds. The van der Waals surface area contributed by atoms with Crippen LogP contribution in [0.4, 0.5) is 0 Å². The molecule has 0 aliphatic carbocycles. The standard InChI is InChI=1S/C4H10N2O3/c1-6(5-9-2)3-4(7)8/h5H,3H2,1-2H3,(H,7,8)/p+1. The molecule has 3 N–H and O–H groups in total. The molecule has 0 aliphatic heterocycles. The molecule has 0 aliphatic rings. The first kappa shape index (κ1) is 8.35. The van der Waals surface area contributed by atoms with Gasteiger partial charge in [0.05, 0.1) is 7.11 Å². The van der Waals surface area contributed by atoms with Crippen LogP contribution in [0.5, 0.6) is 0 Å². The van der Waals surface area contributed by atoms with Crippen LogP contribution in [0.15, 0.2) is 0 Å². The zero-order valence-corrected chi connectivity index (χ0v) is 5.50. The number of nitrogens with two attached hydrogens (primary N) is 1. The van der Waals surface area contributed by atoms with Crippen molar-refractivity contribution in [2.75, 3.05) is 20.7 Å². The molecular weight excluding hydrogens is 124 g/mol. The summed E-state index contributed by atoms with van der Waals surface area (Å²) in [5, 5.41) is 9.63. The van der Waals surface area contributed by atoms with Gasteiger partial charge < -0.3 is 5.11 Å². The minimum absolute atomic E-state index is 0.0339. The zero-order chi connectivity index (χ0) is 7.28. The number of rotatable bonds is 4. The Morgan fingerprint density at radius 1 is 1.89 bits per heavy atom. The number of nitrogens with zero attached hydrogens (tertiary/aromatic N) is 1. The lowest BCUT2D eigenvalue weighted by Crippen LogP contribution is -2.91. The van der Waals surface area contributed by atoms with Crippen LogP contribution < -0.4 is 5.59 Å². The second-order valence-electron chi connectivity index (χ2n) is 1.65. The number of hydrogen-bond donors (Lipinski definition) is 2. The molecular formula is C4H11N2O3+. The fourth-order valence-electron chi connectivity index (χ4n) is 0.431. The topological polar surface area (TPSA) is 66.4 Å². The van der Waals surface area contributed by atoms with Crippen molar-refractivity contribution < 1.29 is 20.3 Å². The lowest BCUT2D eigenvalue weighted by molar-refractivity contribution is -0.991. The molecule has 0 rings (SSSR count). The van der Waals surface area contributed by atoms with Crippen LogP contribution in [0, 0.1) is 0 Å². The third kappa shape index (κ3) is 5.22. The summed E-state index contributed by atoms with van der Waals surface area (Å²) in [5.41, 5.74) is 1.34. The van der Waals surface area contributed by atoms with E-state index in [0.717, 1.165) is 0 Å². The van der Waals surface area contributed by atoms with Crippen molar-refractivity contribution >= 4 is 5.97 Å². The maximum absolute atomic E-state index is 9.97. The van der Waals surface area contributed by atoms with E-state index < -0.39 is 5.97 Å². The van der Waals surface area contributed by atoms with Gasteiger partial charge in [0, 0.05) is 7.05 Å². The van der Waals surface area contributed by atoms with Gasteiger partial charge >= 0.3 is 5.97 Å². The quantitative estimate of drug-likeness (QED) is 0.347. The maximum Gasteiger partial charge on any atom is 0.323 e. The van der Waals surface area contributed by atoms with Gasteiger partial charge in [0.25, 0.3) is 0 Å². The Kier molecular flexibility index (Phi) is 3.94. The monoisotopic (exact) mass is 135 g/mol. The van der Waals surface area contributed by atoms with E-state index in [1.807, 2.05) is 0 Å². The van der Waals surface area contributed by atoms with Gasteiger partial charge in [-0.2, -0.15) is 4.84 Å². The van der Waals surface area contributed by atoms with Crippen LogP contribution in [-0.2, 0) is 9.63 Å². The largest absolute Gasteiger partial charge is 0.480 e. The number of carbonyl (C=O) groups is 1. The zero-order valence-electron chi connectivity index (χ0n) is 5.50. The highest BCUT2D eigenvalue weighted by Gasteiger charge is 2.04. The number of quaternary nitrogens is 1. The Morgan fingerprint density at radius 2 is 2.44 bits per heavy atom. The van der Waals surface area contributed by atoms with Gasteiger partial charge in [0.2, 0.25) is 0 Å². The molecule has 9 heavy (non-hydrogen) atoms. The van der Waals surface area contributed by atoms with Gasteiger partial charge in [-0.3, -0.25) is 4.79 Å². The third-order valence-corrected chi connectivity index (χ3v) is 0.670. The smallest absolute Gasteiger partial charge is 0.323 e. The lowest BCUT2D eigenvalue weighted by atomic mass is 10.7. The Bertz CT molecular complexity index is 95.8. The van der Waals surface area contributed by atoms with Crippen molar-refractivity contribution in [1.82, 2.24) is 5.01 Å². The van der Waals surface area contributed by atoms with Crippen LogP contribution in [0.1, 0.15) is 0 Å². The number of aliphatic carboxylic acids is 1. The summed E-state index contributed by atoms with van der Waals surface area (Å²) in [6, 6.07) is 0. The van der Waals surface area contributed by atoms with Gasteiger partial charge in [-0.1, -0.05) is 0 Å². The fourth-order valence-corrected chi connectivity index (χ4v) is 0.431. The van der Waals surface area contributed by atoms with Crippen LogP contribution in [0.3, 0.4) is 0 Å². The van der Waals surface area contributed by atoms with E-state index in [2.05, 4.69) is 4.84 Å². The summed E-state index contributed by atoms with van der Waals surface area (Å²) in [4.78, 5) is 14.5. The second-order valence-corrected chi connectivity index (χ2v) is 1.65. The van der Waals surface area contributed by atoms with E-state index >= 15 is 0 Å². The van der Waals surface area contributed by atoms with Crippen LogP contribution in [0.25, 0.3) is 0 Å². The third-order valence-electron chi connectivity index (χ3n) is 0.670. The summed E-state index contributed by atoms with van der Waals surface area (Å²) in [6.07, 6.45) is 0. The summed E-state index contributed by atoms with van der Waals surface area (Å²) in [7, 11) is 3.09. The molecule has 0 aromatic rings. The molecule has 0 unspecified atom stereocenters. The minimum Gasteiger partial charge on any atom is -0.480 e. The number of carboxylic acids is 1. The van der Waals surface area contributed by atoms with Gasteiger partial charge in [0.15, 0.2) is 0 Å². The number of hydrogen-bond acceptors (Lipinski definition) is 3. The first-order valence-electron chi connectivity index (χ1n) is 2.45. The van der Waals surface area contributed by atoms with Crippen LogP contribution in [0.2, 0.25) is 0 Å². The molecule has 0 saturated heterocycles. The SMILES string of the molecule is CO[NH2+]N(C)CC(=O)O. The average molecular weight is 135 g/mol. The summed E-state index contributed by atoms with van der Waals surface area (Å²) < 4.78 is 0. The second kappa shape index (κ2) is 4.25. The van der Waals surface area contributed by atoms with E-state index in [4.69, 9.17) is 5.11 Å². The molecule has 0 heterocycles. The molecule has 0 saturated carbocycles. The maximum atomic E-state index is 9.97. The molecule has 0 atom stereocenters. The predicted octanol–water partition coefficient (Wildman–Crippen LogP) is -1.96. The van der Waals surface area contributed by atoms with Crippen LogP contribution in [-0.4, -0.2) is 36.8 Å². The number of likely N-dealkylation sites (N-methyl/N-ethyl adjacent to an activating group) is 1. The molecule has 5 heteroatoms. The predicted molar refractivity (Wildman–Crippen MR) is 29.2 cm³/mol. The highest BCUT2D eigenvalue weighted by Crippen LogP contribution is 1.64. The molecule has 0 aromatic carbocycles. The molecule has 54 valence electrons. The van der Waals surface area contributed by atoms with Crippen molar-refractivity contribution in [1.29, 1.82) is 0 Å². The van der Waals surface area contributed by atoms with E-state index in [1.54, 1.807) is 7.05 Å². The van der Waals surface area contributed by atoms with Crippen molar-refractivity contribution in [3.05, 3.63) is 0 Å². The molecule has 0 aromatic heterocycles. The van der Waals surface area contributed by atoms with Gasteiger partial charge in [-0.15, -0.1) is 10.6 Å². The van der Waals surface area contributed by atoms with E-state index in [1.165, 1.54) is 17.7 Å². The van der Waals surface area contributed by atoms with Gasteiger partial charge in [0.1, 0.15) is 6.54 Å². The van der Waals surface area contributed by atoms with Gasteiger partial charge in [-0.05, 0) is 0 Å². The molecule has 0 spiro atoms. The lowest BCUT2D eigenvalue weighted by Gasteiger charge is -2.06. The summed E-state index contributed by atoms with van der Waals surface area (Å²) in [5.74, 6) is -0.870. The minimum atomic E-state index is -0.870. The van der Waals surface area contributed by atoms with E-state index in [-0.39, 0.29) is 6.54 Å². The number of carboxylic acid groups (broad SMARTS) is 1. The Balaban J connectivity index is 3.26. The molecule has 0 bridgehead atoms. The first-order chi connectivity index (χ1) is 4.16. The van der Waals surface area contributed by atoms with Crippen molar-refractivity contribution in [3.63, 3.8) is 0 Å². The van der Waals surface area contributed by atoms with Crippen molar-refractivity contribution in [3.8, 4) is 0 Å². The van der Waals surface area contributed by atoms with Crippen molar-refractivity contribution in [2.45, 2.75) is 0 Å². The fraction of sp³-hybridized carbons (Fsp3) is 0.750. The summed E-state index contributed by atoms with van der Waals surface area (Å²) >= 11 is 0. The first-order valence-corrected chi connectivity index (χ1v) is 2.45. The van der Waals surface area contributed by atoms with Crippen molar-refractivity contribution in [2.24, 2.45) is 0 Å². The van der Waals surface area contributed by atoms with E-state index in [9.17, 15) is 4.79 Å². The summed E-state index contributed by atoms with van der Waals surface area (Å²) in [6.45, 7) is -0.0339. The van der Waals surface area contributed by atoms with E-state index in [0.29, 0.717) is 0 Å². The average Bonchev–Trinajstić information content (AvgIpc) is 1.63. The highest BCUT2D eigenvalue weighted by atomic mass is 16.7. The molecule has 5 nitrogen and oxygen atoms in total. The van der Waals surface area contributed by atoms with Crippen LogP contribution >= 0.6 is 0 Å². The molecule has 0 fully saturated rings. The van der Waals surface area contributed by atoms with Gasteiger partial charge in [-0.25, -0.2) is 0 Å². The Hall–Kier alpha value is -0.650.